The molecule has 1 fully saturated rings. The van der Waals surface area contributed by atoms with Crippen LogP contribution in [0.2, 0.25) is 0 Å². The summed E-state index contributed by atoms with van der Waals surface area (Å²) >= 11 is 20.0. The van der Waals surface area contributed by atoms with Crippen LogP contribution >= 0.6 is 70.3 Å². The van der Waals surface area contributed by atoms with Crippen LogP contribution < -0.4 is 0 Å². The molecule has 3 amide bonds. The Balaban J connectivity index is 2.72. The van der Waals surface area contributed by atoms with Crippen LogP contribution in [0.3, 0.4) is 0 Å². The molecule has 12 heteroatoms. The Morgan fingerprint density at radius 3 is 1.94 bits per heavy atom. The first-order valence-corrected chi connectivity index (χ1v) is 6.71. The van der Waals surface area contributed by atoms with E-state index in [4.69, 9.17) is 46.4 Å². The Morgan fingerprint density at radius 1 is 1.06 bits per heavy atom. The third-order valence-corrected chi connectivity index (χ3v) is 3.59. The average molecular weight is 366 g/mol. The summed E-state index contributed by atoms with van der Waals surface area (Å²) < 4.78 is 21.0. The standard InChI is InChI=1S/C5H2Cl4F2N2O2S2/c6-4(7,10)16-12-1-2(14)13(3(12)15)17-5(8,9)11/h1H2. The second-order valence-corrected chi connectivity index (χ2v) is 8.24. The highest BCUT2D eigenvalue weighted by Crippen LogP contribution is 2.44. The second kappa shape index (κ2) is 5.34. The molecule has 0 aromatic carbocycles. The zero-order valence-electron chi connectivity index (χ0n) is 7.50. The quantitative estimate of drug-likeness (QED) is 0.433. The number of nitrogens with zero attached hydrogens (tertiary/aromatic N) is 2. The van der Waals surface area contributed by atoms with Gasteiger partial charge in [0.05, 0.1) is 0 Å². The van der Waals surface area contributed by atoms with E-state index >= 15 is 0 Å². The monoisotopic (exact) mass is 364 g/mol. The highest BCUT2D eigenvalue weighted by molar-refractivity contribution is 8.03. The number of alkyl halides is 6. The zero-order chi connectivity index (χ0) is 13.4. The van der Waals surface area contributed by atoms with E-state index < -0.39 is 26.3 Å². The predicted octanol–water partition coefficient (Wildman–Crippen LogP) is 3.66. The van der Waals surface area contributed by atoms with E-state index in [1.807, 2.05) is 0 Å². The van der Waals surface area contributed by atoms with Gasteiger partial charge in [-0.05, 0) is 0 Å². The largest absolute Gasteiger partial charge is 0.347 e. The van der Waals surface area contributed by atoms with Gasteiger partial charge in [-0.3, -0.25) is 9.10 Å². The molecule has 0 spiro atoms. The molecule has 1 saturated heterocycles. The smallest absolute Gasteiger partial charge is 0.271 e. The van der Waals surface area contributed by atoms with Gasteiger partial charge in [0.15, 0.2) is 0 Å². The number of rotatable bonds is 4. The van der Waals surface area contributed by atoms with Crippen LogP contribution in [0.25, 0.3) is 0 Å². The van der Waals surface area contributed by atoms with Gasteiger partial charge in [-0.15, -0.1) is 0 Å². The number of hydrogen-bond acceptors (Lipinski definition) is 4. The van der Waals surface area contributed by atoms with Gasteiger partial charge >= 0.3 is 13.9 Å². The minimum atomic E-state index is -2.86. The van der Waals surface area contributed by atoms with E-state index in [1.165, 1.54) is 0 Å². The SMILES string of the molecule is O=C1CN(SC(F)(Cl)Cl)C(=O)N1SC(F)(Cl)Cl. The molecular weight excluding hydrogens is 364 g/mol. The van der Waals surface area contributed by atoms with Gasteiger partial charge < -0.3 is 0 Å². The van der Waals surface area contributed by atoms with Gasteiger partial charge in [-0.1, -0.05) is 46.4 Å². The van der Waals surface area contributed by atoms with Gasteiger partial charge in [-0.2, -0.15) is 13.1 Å². The van der Waals surface area contributed by atoms with Crippen LogP contribution in [0, 0.1) is 0 Å². The molecule has 1 aliphatic rings. The molecule has 0 atom stereocenters. The first kappa shape index (κ1) is 15.7. The molecule has 1 heterocycles. The summed E-state index contributed by atoms with van der Waals surface area (Å²) in [5.74, 6) is -0.826. The maximum absolute atomic E-state index is 12.8. The number of halogens is 6. The molecule has 0 aliphatic carbocycles. The minimum Gasteiger partial charge on any atom is -0.271 e. The maximum Gasteiger partial charge on any atom is 0.347 e. The lowest BCUT2D eigenvalue weighted by Gasteiger charge is -2.19. The Bertz CT molecular complexity index is 348. The first-order valence-electron chi connectivity index (χ1n) is 3.66. The molecule has 0 bridgehead atoms. The molecule has 98 valence electrons. The van der Waals surface area contributed by atoms with Crippen LogP contribution in [0.15, 0.2) is 0 Å². The maximum atomic E-state index is 12.8. The number of carbonyl (C=O) groups excluding carboxylic acids is 2. The molecule has 0 N–H and O–H groups in total. The normalized spacial score (nSPS) is 18.2. The van der Waals surface area contributed by atoms with Gasteiger partial charge in [0.1, 0.15) is 6.54 Å². The lowest BCUT2D eigenvalue weighted by Crippen LogP contribution is -2.28. The molecular formula is C5H2Cl4F2N2O2S2. The minimum absolute atomic E-state index is 0.0549. The fourth-order valence-corrected chi connectivity index (χ4v) is 2.95. The van der Waals surface area contributed by atoms with Crippen LogP contribution in [-0.4, -0.2) is 34.9 Å². The Kier molecular flexibility index (Phi) is 4.94. The lowest BCUT2D eigenvalue weighted by atomic mass is 10.7. The fourth-order valence-electron chi connectivity index (χ4n) is 0.852. The number of amides is 3. The molecule has 1 rings (SSSR count). The van der Waals surface area contributed by atoms with E-state index in [-0.39, 0.29) is 23.9 Å². The fraction of sp³-hybridized carbons (Fsp3) is 0.600. The van der Waals surface area contributed by atoms with Crippen molar-refractivity contribution in [3.63, 3.8) is 0 Å². The van der Waals surface area contributed by atoms with E-state index in [1.54, 1.807) is 0 Å². The number of urea groups is 1. The summed E-state index contributed by atoms with van der Waals surface area (Å²) in [5.41, 5.74) is 0. The number of imide groups is 1. The summed E-state index contributed by atoms with van der Waals surface area (Å²) in [6, 6.07) is -1.03. The molecule has 0 saturated carbocycles. The highest BCUT2D eigenvalue weighted by Gasteiger charge is 2.45. The van der Waals surface area contributed by atoms with E-state index in [0.717, 1.165) is 0 Å². The molecule has 4 nitrogen and oxygen atoms in total. The van der Waals surface area contributed by atoms with Crippen molar-refractivity contribution in [3.8, 4) is 0 Å². The number of carbonyl (C=O) groups is 2. The first-order chi connectivity index (χ1) is 7.49. The van der Waals surface area contributed by atoms with Crippen molar-refractivity contribution in [2.24, 2.45) is 0 Å². The van der Waals surface area contributed by atoms with Crippen molar-refractivity contribution in [3.05, 3.63) is 0 Å². The van der Waals surface area contributed by atoms with Gasteiger partial charge in [0.2, 0.25) is 0 Å². The Morgan fingerprint density at radius 2 is 1.53 bits per heavy atom. The van der Waals surface area contributed by atoms with Crippen LogP contribution in [-0.2, 0) is 4.79 Å². The zero-order valence-corrected chi connectivity index (χ0v) is 12.2. The molecule has 0 aromatic rings. The summed E-state index contributed by atoms with van der Waals surface area (Å²) in [4.78, 5) is 22.8. The molecule has 17 heavy (non-hydrogen) atoms. The van der Waals surface area contributed by atoms with Crippen molar-refractivity contribution in [2.45, 2.75) is 7.84 Å². The number of hydrogen-bond donors (Lipinski definition) is 0. The van der Waals surface area contributed by atoms with Crippen molar-refractivity contribution in [2.75, 3.05) is 6.54 Å². The van der Waals surface area contributed by atoms with Crippen molar-refractivity contribution in [1.29, 1.82) is 0 Å². The van der Waals surface area contributed by atoms with Crippen molar-refractivity contribution < 1.29 is 18.4 Å². The van der Waals surface area contributed by atoms with Gasteiger partial charge in [0.25, 0.3) is 5.91 Å². The average Bonchev–Trinajstić information content (AvgIpc) is 2.27. The predicted molar refractivity (Wildman–Crippen MR) is 65.2 cm³/mol. The highest BCUT2D eigenvalue weighted by atomic mass is 35.5. The third kappa shape index (κ3) is 5.04. The summed E-state index contributed by atoms with van der Waals surface area (Å²) in [5, 5.41) is 0. The lowest BCUT2D eigenvalue weighted by molar-refractivity contribution is -0.121. The Labute approximate surface area is 123 Å². The van der Waals surface area contributed by atoms with Crippen LogP contribution in [0.4, 0.5) is 13.6 Å². The second-order valence-electron chi connectivity index (χ2n) is 2.58. The molecule has 1 aliphatic heterocycles. The van der Waals surface area contributed by atoms with E-state index in [9.17, 15) is 18.4 Å². The van der Waals surface area contributed by atoms with Crippen LogP contribution in [0.5, 0.6) is 0 Å². The van der Waals surface area contributed by atoms with E-state index in [2.05, 4.69) is 0 Å². The topological polar surface area (TPSA) is 40.6 Å². The van der Waals surface area contributed by atoms with Crippen molar-refractivity contribution in [1.82, 2.24) is 8.61 Å². The Hall–Kier alpha value is 0.660. The third-order valence-electron chi connectivity index (χ3n) is 1.30. The van der Waals surface area contributed by atoms with Gasteiger partial charge in [0, 0.05) is 23.9 Å². The van der Waals surface area contributed by atoms with E-state index in [0.29, 0.717) is 8.61 Å². The summed E-state index contributed by atoms with van der Waals surface area (Å²) in [6.45, 7) is -0.522. The summed E-state index contributed by atoms with van der Waals surface area (Å²) in [7, 11) is 0. The molecule has 0 radical (unpaired) electrons. The van der Waals surface area contributed by atoms with Gasteiger partial charge in [-0.25, -0.2) is 4.79 Å². The molecule has 0 aromatic heterocycles. The van der Waals surface area contributed by atoms with Crippen molar-refractivity contribution >= 4 is 82.2 Å². The van der Waals surface area contributed by atoms with Crippen LogP contribution in [0.1, 0.15) is 0 Å². The molecule has 0 unspecified atom stereocenters. The summed E-state index contributed by atoms with van der Waals surface area (Å²) in [6.07, 6.45) is 0.